The maximum absolute atomic E-state index is 9.26. The topological polar surface area (TPSA) is 114 Å². The van der Waals surface area contributed by atoms with E-state index < -0.39 is 6.17 Å². The minimum atomic E-state index is -0.401. The summed E-state index contributed by atoms with van der Waals surface area (Å²) in [5, 5.41) is 20.3. The maximum atomic E-state index is 9.26. The van der Waals surface area contributed by atoms with Crippen molar-refractivity contribution < 1.29 is 5.11 Å². The van der Waals surface area contributed by atoms with Crippen molar-refractivity contribution in [1.29, 1.82) is 0 Å². The fourth-order valence-corrected chi connectivity index (χ4v) is 1.44. The SMILES string of the molecule is NC(=S)NNC(c1ccc(O)cc1)n1cnnn1. The maximum Gasteiger partial charge on any atom is 0.178 e. The number of benzene rings is 1. The van der Waals surface area contributed by atoms with Gasteiger partial charge in [0.1, 0.15) is 18.2 Å². The minimum Gasteiger partial charge on any atom is -0.508 e. The van der Waals surface area contributed by atoms with Crippen molar-refractivity contribution in [3.8, 4) is 5.75 Å². The monoisotopic (exact) mass is 265 g/mol. The summed E-state index contributed by atoms with van der Waals surface area (Å²) >= 11 is 4.72. The molecule has 18 heavy (non-hydrogen) atoms. The second kappa shape index (κ2) is 5.38. The molecule has 2 rings (SSSR count). The highest BCUT2D eigenvalue weighted by Gasteiger charge is 2.14. The number of thiocarbonyl (C=S) groups is 1. The van der Waals surface area contributed by atoms with Gasteiger partial charge >= 0.3 is 0 Å². The van der Waals surface area contributed by atoms with E-state index in [0.717, 1.165) is 5.56 Å². The highest BCUT2D eigenvalue weighted by molar-refractivity contribution is 7.80. The van der Waals surface area contributed by atoms with E-state index in [4.69, 9.17) is 18.0 Å². The van der Waals surface area contributed by atoms with Gasteiger partial charge < -0.3 is 10.8 Å². The molecule has 94 valence electrons. The number of nitrogens with one attached hydrogen (secondary N) is 2. The average Bonchev–Trinajstić information content (AvgIpc) is 2.85. The number of nitrogens with zero attached hydrogens (tertiary/aromatic N) is 4. The van der Waals surface area contributed by atoms with Crippen LogP contribution < -0.4 is 16.6 Å². The van der Waals surface area contributed by atoms with Gasteiger partial charge in [-0.1, -0.05) is 12.1 Å². The first-order valence-corrected chi connectivity index (χ1v) is 5.40. The van der Waals surface area contributed by atoms with Crippen molar-refractivity contribution in [3.63, 3.8) is 0 Å². The lowest BCUT2D eigenvalue weighted by molar-refractivity contribution is 0.401. The Morgan fingerprint density at radius 1 is 1.39 bits per heavy atom. The van der Waals surface area contributed by atoms with Gasteiger partial charge in [-0.3, -0.25) is 5.43 Å². The minimum absolute atomic E-state index is 0.104. The van der Waals surface area contributed by atoms with Crippen LogP contribution in [0.25, 0.3) is 0 Å². The van der Waals surface area contributed by atoms with E-state index in [1.54, 1.807) is 24.3 Å². The zero-order chi connectivity index (χ0) is 13.0. The number of tetrazole rings is 1. The fraction of sp³-hybridized carbons (Fsp3) is 0.111. The summed E-state index contributed by atoms with van der Waals surface area (Å²) in [5.74, 6) is 0.177. The zero-order valence-electron chi connectivity index (χ0n) is 9.19. The van der Waals surface area contributed by atoms with Crippen molar-refractivity contribution in [2.24, 2.45) is 5.73 Å². The summed E-state index contributed by atoms with van der Waals surface area (Å²) in [7, 11) is 0. The number of aromatic hydroxyl groups is 1. The van der Waals surface area contributed by atoms with E-state index in [1.165, 1.54) is 11.0 Å². The van der Waals surface area contributed by atoms with Gasteiger partial charge in [0.05, 0.1) is 0 Å². The summed E-state index contributed by atoms with van der Waals surface area (Å²) in [6, 6.07) is 6.59. The molecule has 1 aromatic carbocycles. The predicted molar refractivity (Wildman–Crippen MR) is 67.1 cm³/mol. The number of phenols is 1. The Bertz CT molecular complexity index is 512. The number of hydrogen-bond donors (Lipinski definition) is 4. The summed E-state index contributed by atoms with van der Waals surface area (Å²) in [6.07, 6.45) is 1.05. The molecule has 1 aromatic heterocycles. The lowest BCUT2D eigenvalue weighted by atomic mass is 10.2. The molecule has 1 atom stereocenters. The molecular formula is C9H11N7OS. The van der Waals surface area contributed by atoms with E-state index in [0.29, 0.717) is 0 Å². The molecule has 0 spiro atoms. The summed E-state index contributed by atoms with van der Waals surface area (Å²) in [4.78, 5) is 0. The van der Waals surface area contributed by atoms with Crippen LogP contribution in [0.4, 0.5) is 0 Å². The van der Waals surface area contributed by atoms with E-state index in [-0.39, 0.29) is 10.9 Å². The molecule has 0 saturated heterocycles. The Hall–Kier alpha value is -2.26. The Kier molecular flexibility index (Phi) is 3.65. The molecule has 9 heteroatoms. The molecule has 0 aliphatic rings. The van der Waals surface area contributed by atoms with Crippen LogP contribution >= 0.6 is 12.2 Å². The largest absolute Gasteiger partial charge is 0.508 e. The third-order valence-corrected chi connectivity index (χ3v) is 2.27. The van der Waals surface area contributed by atoms with E-state index in [2.05, 4.69) is 26.4 Å². The molecule has 1 unspecified atom stereocenters. The summed E-state index contributed by atoms with van der Waals surface area (Å²) < 4.78 is 1.48. The first-order valence-electron chi connectivity index (χ1n) is 4.99. The number of hydrogen-bond acceptors (Lipinski definition) is 6. The summed E-state index contributed by atoms with van der Waals surface area (Å²) in [6.45, 7) is 0. The second-order valence-electron chi connectivity index (χ2n) is 3.42. The molecule has 2 aromatic rings. The third kappa shape index (κ3) is 2.90. The van der Waals surface area contributed by atoms with Crippen molar-refractivity contribution in [2.75, 3.05) is 0 Å². The predicted octanol–water partition coefficient (Wildman–Crippen LogP) is -0.737. The van der Waals surface area contributed by atoms with E-state index >= 15 is 0 Å². The lowest BCUT2D eigenvalue weighted by Crippen LogP contribution is -2.45. The van der Waals surface area contributed by atoms with E-state index in [1.807, 2.05) is 0 Å². The van der Waals surface area contributed by atoms with Crippen LogP contribution in [-0.2, 0) is 0 Å². The van der Waals surface area contributed by atoms with Gasteiger partial charge in [0.25, 0.3) is 0 Å². The fourth-order valence-electron chi connectivity index (χ4n) is 1.38. The Morgan fingerprint density at radius 2 is 2.11 bits per heavy atom. The number of nitrogens with two attached hydrogens (primary N) is 1. The highest BCUT2D eigenvalue weighted by Crippen LogP contribution is 2.16. The Balaban J connectivity index is 2.24. The quantitative estimate of drug-likeness (QED) is 0.422. The highest BCUT2D eigenvalue weighted by atomic mass is 32.1. The Labute approximate surface area is 108 Å². The van der Waals surface area contributed by atoms with Gasteiger partial charge in [-0.25, -0.2) is 10.1 Å². The van der Waals surface area contributed by atoms with Crippen LogP contribution in [0.3, 0.4) is 0 Å². The molecular weight excluding hydrogens is 254 g/mol. The van der Waals surface area contributed by atoms with Crippen LogP contribution in [0.2, 0.25) is 0 Å². The standard InChI is InChI=1S/C9H11N7OS/c10-9(18)13-12-8(16-5-11-14-15-16)6-1-3-7(17)4-2-6/h1-5,8,12,17H,(H3,10,13,18). The van der Waals surface area contributed by atoms with Crippen molar-refractivity contribution >= 4 is 17.3 Å². The van der Waals surface area contributed by atoms with Crippen molar-refractivity contribution in [3.05, 3.63) is 36.2 Å². The van der Waals surface area contributed by atoms with Gasteiger partial charge in [0.15, 0.2) is 5.11 Å². The van der Waals surface area contributed by atoms with Crippen LogP contribution in [0.5, 0.6) is 5.75 Å². The number of hydrazine groups is 1. The molecule has 5 N–H and O–H groups in total. The van der Waals surface area contributed by atoms with Crippen LogP contribution in [0.1, 0.15) is 11.7 Å². The zero-order valence-corrected chi connectivity index (χ0v) is 10.0. The smallest absolute Gasteiger partial charge is 0.178 e. The van der Waals surface area contributed by atoms with Gasteiger partial charge in [0, 0.05) is 0 Å². The van der Waals surface area contributed by atoms with Gasteiger partial charge in [0.2, 0.25) is 0 Å². The first kappa shape index (κ1) is 12.2. The van der Waals surface area contributed by atoms with Crippen LogP contribution in [-0.4, -0.2) is 30.4 Å². The van der Waals surface area contributed by atoms with Crippen LogP contribution in [0.15, 0.2) is 30.6 Å². The molecule has 8 nitrogen and oxygen atoms in total. The lowest BCUT2D eigenvalue weighted by Gasteiger charge is -2.19. The summed E-state index contributed by atoms with van der Waals surface area (Å²) in [5.41, 5.74) is 11.7. The molecule has 0 aliphatic heterocycles. The molecule has 0 amide bonds. The van der Waals surface area contributed by atoms with Gasteiger partial charge in [-0.15, -0.1) is 5.10 Å². The third-order valence-electron chi connectivity index (χ3n) is 2.17. The normalized spacial score (nSPS) is 12.0. The number of phenolic OH excluding ortho intramolecular Hbond substituents is 1. The average molecular weight is 265 g/mol. The molecule has 1 heterocycles. The molecule has 0 radical (unpaired) electrons. The van der Waals surface area contributed by atoms with Gasteiger partial charge in [-0.05, 0) is 40.3 Å². The molecule has 0 saturated carbocycles. The number of aromatic nitrogens is 4. The van der Waals surface area contributed by atoms with Crippen molar-refractivity contribution in [1.82, 2.24) is 31.1 Å². The molecule has 0 fully saturated rings. The molecule has 0 aliphatic carbocycles. The first-order chi connectivity index (χ1) is 8.66. The van der Waals surface area contributed by atoms with E-state index in [9.17, 15) is 5.11 Å². The van der Waals surface area contributed by atoms with Crippen molar-refractivity contribution in [2.45, 2.75) is 6.17 Å². The molecule has 0 bridgehead atoms. The number of rotatable bonds is 4. The Morgan fingerprint density at radius 3 is 2.67 bits per heavy atom. The van der Waals surface area contributed by atoms with Gasteiger partial charge in [-0.2, -0.15) is 0 Å². The second-order valence-corrected chi connectivity index (χ2v) is 3.86. The van der Waals surface area contributed by atoms with Crippen LogP contribution in [0, 0.1) is 0 Å².